The third-order valence-electron chi connectivity index (χ3n) is 7.88. The first-order chi connectivity index (χ1) is 13.8. The number of carbonyl (C=O) groups is 1. The molecule has 1 amide bonds. The fraction of sp³-hybridized carbons (Fsp3) is 0.714. The molecule has 156 valence electrons. The number of hydrogen-bond acceptors (Lipinski definition) is 4. The number of nitrogens with zero attached hydrogens (tertiary/aromatic N) is 4. The average Bonchev–Trinajstić information content (AvgIpc) is 3.04. The maximum atomic E-state index is 12.8. The van der Waals surface area contributed by atoms with Gasteiger partial charge in [-0.3, -0.25) is 14.2 Å². The van der Waals surface area contributed by atoms with Gasteiger partial charge in [0.15, 0.2) is 11.2 Å². The predicted octanol–water partition coefficient (Wildman–Crippen LogP) is 1.15. The van der Waals surface area contributed by atoms with Crippen molar-refractivity contribution in [1.82, 2.24) is 24.0 Å². The van der Waals surface area contributed by atoms with Crippen LogP contribution in [0.3, 0.4) is 0 Å². The molecule has 4 saturated carbocycles. The van der Waals surface area contributed by atoms with E-state index >= 15 is 0 Å². The summed E-state index contributed by atoms with van der Waals surface area (Å²) in [6.45, 7) is 1.85. The number of aryl methyl sites for hydroxylation is 2. The molecule has 1 unspecified atom stereocenters. The van der Waals surface area contributed by atoms with Crippen molar-refractivity contribution in [1.29, 1.82) is 0 Å². The zero-order valence-electron chi connectivity index (χ0n) is 17.4. The van der Waals surface area contributed by atoms with Gasteiger partial charge in [0.2, 0.25) is 5.91 Å². The van der Waals surface area contributed by atoms with Crippen LogP contribution in [0, 0.1) is 23.2 Å². The molecule has 4 bridgehead atoms. The van der Waals surface area contributed by atoms with Crippen LogP contribution in [-0.2, 0) is 25.4 Å². The van der Waals surface area contributed by atoms with Crippen LogP contribution in [-0.4, -0.2) is 30.6 Å². The molecule has 2 aromatic heterocycles. The number of amides is 1. The fourth-order valence-corrected chi connectivity index (χ4v) is 6.83. The summed E-state index contributed by atoms with van der Waals surface area (Å²) in [6, 6.07) is 0.0587. The Labute approximate surface area is 168 Å². The second-order valence-corrected chi connectivity index (χ2v) is 9.83. The molecular formula is C21H29N5O3. The van der Waals surface area contributed by atoms with Crippen molar-refractivity contribution in [2.45, 2.75) is 58.0 Å². The van der Waals surface area contributed by atoms with E-state index in [1.165, 1.54) is 49.4 Å². The second-order valence-electron chi connectivity index (χ2n) is 9.83. The van der Waals surface area contributed by atoms with Gasteiger partial charge in [0, 0.05) is 20.1 Å². The summed E-state index contributed by atoms with van der Waals surface area (Å²) in [5.41, 5.74) is -0.138. The van der Waals surface area contributed by atoms with Crippen molar-refractivity contribution in [2.75, 3.05) is 0 Å². The van der Waals surface area contributed by atoms with Crippen LogP contribution in [0.5, 0.6) is 0 Å². The van der Waals surface area contributed by atoms with Crippen LogP contribution in [0.15, 0.2) is 15.9 Å². The van der Waals surface area contributed by atoms with Gasteiger partial charge in [0.05, 0.1) is 6.33 Å². The molecule has 6 rings (SSSR count). The minimum Gasteiger partial charge on any atom is -0.352 e. The zero-order valence-corrected chi connectivity index (χ0v) is 17.4. The Hall–Kier alpha value is -2.38. The highest BCUT2D eigenvalue weighted by Gasteiger charge is 2.53. The SMILES string of the molecule is CC(NC(=O)Cn1c(=O)c2c(ncn2C)n(C)c1=O)C12CC3CC(CC(C3)C1)C2. The quantitative estimate of drug-likeness (QED) is 0.835. The minimum absolute atomic E-state index is 0.0587. The van der Waals surface area contributed by atoms with Gasteiger partial charge in [0.1, 0.15) is 6.54 Å². The van der Waals surface area contributed by atoms with Gasteiger partial charge in [-0.15, -0.1) is 0 Å². The summed E-state index contributed by atoms with van der Waals surface area (Å²) in [5.74, 6) is 2.15. The van der Waals surface area contributed by atoms with Crippen LogP contribution >= 0.6 is 0 Å². The van der Waals surface area contributed by atoms with Crippen molar-refractivity contribution in [2.24, 2.45) is 37.3 Å². The lowest BCUT2D eigenvalue weighted by Crippen LogP contribution is -2.56. The lowest BCUT2D eigenvalue weighted by Gasteiger charge is -2.59. The largest absolute Gasteiger partial charge is 0.352 e. The van der Waals surface area contributed by atoms with Gasteiger partial charge in [0.25, 0.3) is 5.56 Å². The third-order valence-corrected chi connectivity index (χ3v) is 7.88. The highest BCUT2D eigenvalue weighted by atomic mass is 16.2. The molecule has 0 spiro atoms. The van der Waals surface area contributed by atoms with Crippen molar-refractivity contribution in [3.05, 3.63) is 27.2 Å². The van der Waals surface area contributed by atoms with E-state index in [0.29, 0.717) is 11.2 Å². The molecule has 2 aromatic rings. The number of aromatic nitrogens is 4. The molecule has 0 saturated heterocycles. The Bertz CT molecular complexity index is 1070. The molecule has 4 fully saturated rings. The fourth-order valence-electron chi connectivity index (χ4n) is 6.83. The monoisotopic (exact) mass is 399 g/mol. The van der Waals surface area contributed by atoms with Gasteiger partial charge in [-0.1, -0.05) is 0 Å². The van der Waals surface area contributed by atoms with Gasteiger partial charge < -0.3 is 9.88 Å². The van der Waals surface area contributed by atoms with Crippen molar-refractivity contribution in [3.63, 3.8) is 0 Å². The zero-order chi connectivity index (χ0) is 20.5. The van der Waals surface area contributed by atoms with Crippen LogP contribution in [0.1, 0.15) is 45.4 Å². The van der Waals surface area contributed by atoms with Gasteiger partial charge in [-0.05, 0) is 68.6 Å². The van der Waals surface area contributed by atoms with E-state index in [4.69, 9.17) is 0 Å². The Morgan fingerprint density at radius 3 is 2.34 bits per heavy atom. The predicted molar refractivity (Wildman–Crippen MR) is 108 cm³/mol. The van der Waals surface area contributed by atoms with Crippen molar-refractivity contribution in [3.8, 4) is 0 Å². The van der Waals surface area contributed by atoms with Crippen molar-refractivity contribution >= 4 is 17.1 Å². The molecule has 8 heteroatoms. The summed E-state index contributed by atoms with van der Waals surface area (Å²) in [7, 11) is 3.28. The number of carbonyl (C=O) groups excluding carboxylic acids is 1. The van der Waals surface area contributed by atoms with Crippen LogP contribution < -0.4 is 16.6 Å². The van der Waals surface area contributed by atoms with E-state index in [9.17, 15) is 14.4 Å². The summed E-state index contributed by atoms with van der Waals surface area (Å²) in [6.07, 6.45) is 9.17. The molecule has 4 aliphatic rings. The molecule has 8 nitrogen and oxygen atoms in total. The highest BCUT2D eigenvalue weighted by molar-refractivity contribution is 5.77. The highest BCUT2D eigenvalue weighted by Crippen LogP contribution is 2.61. The standard InChI is InChI=1S/C21H29N5O3/c1-12(21-7-13-4-14(8-21)6-15(5-13)9-21)23-16(27)10-26-19(28)17-18(22-11-24(17)2)25(3)20(26)29/h11-15H,4-10H2,1-3H3,(H,23,27). The summed E-state index contributed by atoms with van der Waals surface area (Å²) in [5, 5.41) is 3.15. The molecule has 4 aliphatic carbocycles. The van der Waals surface area contributed by atoms with Crippen LogP contribution in [0.25, 0.3) is 11.2 Å². The van der Waals surface area contributed by atoms with Crippen LogP contribution in [0.4, 0.5) is 0 Å². The molecule has 0 radical (unpaired) electrons. The number of rotatable bonds is 4. The Morgan fingerprint density at radius 1 is 1.17 bits per heavy atom. The molecular weight excluding hydrogens is 370 g/mol. The smallest absolute Gasteiger partial charge is 0.332 e. The first kappa shape index (κ1) is 18.6. The molecule has 1 N–H and O–H groups in total. The van der Waals surface area contributed by atoms with Gasteiger partial charge in [-0.2, -0.15) is 0 Å². The average molecular weight is 399 g/mol. The molecule has 2 heterocycles. The van der Waals surface area contributed by atoms with Crippen LogP contribution in [0.2, 0.25) is 0 Å². The number of imidazole rings is 1. The molecule has 0 aromatic carbocycles. The van der Waals surface area contributed by atoms with E-state index < -0.39 is 11.2 Å². The first-order valence-corrected chi connectivity index (χ1v) is 10.7. The third kappa shape index (κ3) is 2.79. The van der Waals surface area contributed by atoms with E-state index in [0.717, 1.165) is 22.3 Å². The number of hydrogen-bond donors (Lipinski definition) is 1. The maximum Gasteiger partial charge on any atom is 0.332 e. The Balaban J connectivity index is 1.38. The lowest BCUT2D eigenvalue weighted by atomic mass is 9.48. The van der Waals surface area contributed by atoms with E-state index in [1.807, 2.05) is 0 Å². The van der Waals surface area contributed by atoms with Gasteiger partial charge in [-0.25, -0.2) is 14.3 Å². The van der Waals surface area contributed by atoms with Crippen molar-refractivity contribution < 1.29 is 4.79 Å². The summed E-state index contributed by atoms with van der Waals surface area (Å²) >= 11 is 0. The second kappa shape index (κ2) is 6.31. The normalized spacial score (nSPS) is 31.3. The minimum atomic E-state index is -0.515. The topological polar surface area (TPSA) is 90.9 Å². The Morgan fingerprint density at radius 2 is 1.76 bits per heavy atom. The number of fused-ring (bicyclic) bond motifs is 1. The lowest BCUT2D eigenvalue weighted by molar-refractivity contribution is -0.126. The van der Waals surface area contributed by atoms with E-state index in [1.54, 1.807) is 18.7 Å². The molecule has 1 atom stereocenters. The maximum absolute atomic E-state index is 12.8. The molecule has 29 heavy (non-hydrogen) atoms. The summed E-state index contributed by atoms with van der Waals surface area (Å²) < 4.78 is 3.93. The number of nitrogens with one attached hydrogen (secondary N) is 1. The first-order valence-electron chi connectivity index (χ1n) is 10.7. The summed E-state index contributed by atoms with van der Waals surface area (Å²) in [4.78, 5) is 42.5. The van der Waals surface area contributed by atoms with E-state index in [2.05, 4.69) is 17.2 Å². The molecule has 0 aliphatic heterocycles. The Kier molecular flexibility index (Phi) is 4.05. The van der Waals surface area contributed by atoms with Gasteiger partial charge >= 0.3 is 5.69 Å². The van der Waals surface area contributed by atoms with E-state index in [-0.39, 0.29) is 23.9 Å².